The number of thioether (sulfide) groups is 2. The molecule has 132 valence electrons. The lowest BCUT2D eigenvalue weighted by Crippen LogP contribution is -2.70. The molecule has 0 aromatic heterocycles. The van der Waals surface area contributed by atoms with Crippen molar-refractivity contribution < 1.29 is 14.7 Å². The minimum absolute atomic E-state index is 0.0282. The van der Waals surface area contributed by atoms with Crippen molar-refractivity contribution in [1.82, 2.24) is 10.2 Å². The number of nitrogens with two attached hydrogens (primary N) is 1. The number of carboxylic acids is 1. The van der Waals surface area contributed by atoms with E-state index in [0.717, 1.165) is 11.8 Å². The summed E-state index contributed by atoms with van der Waals surface area (Å²) in [6, 6.07) is -0.538. The molecule has 5 N–H and O–H groups in total. The number of fused-ring (bicyclic) bond motifs is 1. The Balaban J connectivity index is 2.12. The lowest BCUT2D eigenvalue weighted by atomic mass is 10.0. The van der Waals surface area contributed by atoms with Crippen LogP contribution in [0.4, 0.5) is 0 Å². The van der Waals surface area contributed by atoms with Gasteiger partial charge in [-0.1, -0.05) is 24.0 Å². The van der Waals surface area contributed by atoms with Crippen molar-refractivity contribution in [2.75, 3.05) is 5.75 Å². The molecule has 2 aliphatic heterocycles. The van der Waals surface area contributed by atoms with Crippen LogP contribution in [0.25, 0.3) is 0 Å². The Morgan fingerprint density at radius 3 is 3.00 bits per heavy atom. The second-order valence-electron chi connectivity index (χ2n) is 5.11. The summed E-state index contributed by atoms with van der Waals surface area (Å²) in [6.07, 6.45) is 7.53. The Labute approximate surface area is 159 Å². The van der Waals surface area contributed by atoms with E-state index < -0.39 is 12.0 Å². The normalized spacial score (nSPS) is 22.2. The van der Waals surface area contributed by atoms with Crippen LogP contribution in [0.3, 0.4) is 0 Å². The summed E-state index contributed by atoms with van der Waals surface area (Å²) in [4.78, 5) is 26.4. The van der Waals surface area contributed by atoms with E-state index in [2.05, 4.69) is 11.2 Å². The number of hydrogen-bond donors (Lipinski definition) is 4. The smallest absolute Gasteiger partial charge is 0.353 e. The predicted molar refractivity (Wildman–Crippen MR) is 104 cm³/mol. The van der Waals surface area contributed by atoms with Gasteiger partial charge in [0.2, 0.25) is 0 Å². The number of β-lactam (4-membered cyclic amide) rings is 1. The Hall–Kier alpha value is -1.96. The van der Waals surface area contributed by atoms with Crippen molar-refractivity contribution in [2.45, 2.75) is 24.3 Å². The van der Waals surface area contributed by atoms with Crippen molar-refractivity contribution in [1.29, 1.82) is 5.41 Å². The van der Waals surface area contributed by atoms with Gasteiger partial charge in [-0.25, -0.2) is 4.79 Å². The zero-order chi connectivity index (χ0) is 18.6. The molecule has 1 fully saturated rings. The molecule has 0 spiro atoms. The molecular weight excluding hydrogens is 380 g/mol. The number of rotatable bonds is 7. The number of amidine groups is 1. The molecule has 2 rings (SSSR count). The van der Waals surface area contributed by atoms with Crippen molar-refractivity contribution in [3.63, 3.8) is 0 Å². The average molecular weight is 397 g/mol. The monoisotopic (exact) mass is 396 g/mol. The van der Waals surface area contributed by atoms with Crippen LogP contribution in [0.5, 0.6) is 0 Å². The van der Waals surface area contributed by atoms with E-state index in [9.17, 15) is 14.7 Å². The first-order valence-electron chi connectivity index (χ1n) is 7.18. The van der Waals surface area contributed by atoms with Crippen molar-refractivity contribution in [2.24, 2.45) is 5.73 Å². The van der Waals surface area contributed by atoms with Gasteiger partial charge in [-0.15, -0.1) is 24.1 Å². The van der Waals surface area contributed by atoms with Crippen LogP contribution in [0.2, 0.25) is 0 Å². The number of nitrogens with one attached hydrogen (secondary N) is 2. The fourth-order valence-electron chi connectivity index (χ4n) is 2.30. The van der Waals surface area contributed by atoms with Crippen LogP contribution >= 0.6 is 35.7 Å². The molecular formula is C15H16N4O3S3. The first-order valence-corrected chi connectivity index (χ1v) is 9.51. The van der Waals surface area contributed by atoms with E-state index >= 15 is 0 Å². The maximum atomic E-state index is 12.4. The van der Waals surface area contributed by atoms with Gasteiger partial charge in [0.05, 0.1) is 4.99 Å². The summed E-state index contributed by atoms with van der Waals surface area (Å²) in [5, 5.41) is 20.8. The summed E-state index contributed by atoms with van der Waals surface area (Å²) in [7, 11) is 0. The van der Waals surface area contributed by atoms with E-state index in [1.807, 2.05) is 0 Å². The largest absolute Gasteiger partial charge is 0.477 e. The second-order valence-corrected chi connectivity index (χ2v) is 7.71. The fourth-order valence-corrected chi connectivity index (χ4v) is 4.88. The Morgan fingerprint density at radius 2 is 2.40 bits per heavy atom. The van der Waals surface area contributed by atoms with Gasteiger partial charge in [0, 0.05) is 23.5 Å². The van der Waals surface area contributed by atoms with Gasteiger partial charge in [0.15, 0.2) is 0 Å². The standard InChI is InChI=1S/C15H16N4O3S3/c1-2-3-4-10(23)18-11-13(20)19-12(15(21)22)8(7-25-14(11)19)24-6-5-9(16)17/h1,5-6,11,14H,3-4,7H2,(H3,16,17)(H,18,23)(H,21,22)/b6-5+/t11?,14-/m1/s1. The van der Waals surface area contributed by atoms with Crippen LogP contribution in [0.15, 0.2) is 22.1 Å². The molecule has 1 saturated heterocycles. The lowest BCUT2D eigenvalue weighted by molar-refractivity contribution is -0.148. The number of carbonyl (C=O) groups is 2. The molecule has 0 radical (unpaired) electrons. The molecule has 2 heterocycles. The number of amides is 1. The van der Waals surface area contributed by atoms with Gasteiger partial charge >= 0.3 is 5.97 Å². The molecule has 0 aromatic rings. The Morgan fingerprint density at radius 1 is 1.68 bits per heavy atom. The summed E-state index contributed by atoms with van der Waals surface area (Å²) in [5.41, 5.74) is 5.20. The van der Waals surface area contributed by atoms with Crippen LogP contribution in [-0.4, -0.2) is 49.9 Å². The van der Waals surface area contributed by atoms with Crippen LogP contribution in [-0.2, 0) is 9.59 Å². The lowest BCUT2D eigenvalue weighted by Gasteiger charge is -2.49. The predicted octanol–water partition coefficient (Wildman–Crippen LogP) is 1.08. The van der Waals surface area contributed by atoms with Gasteiger partial charge in [-0.05, 0) is 11.5 Å². The number of thiocarbonyl (C=S) groups is 1. The summed E-state index contributed by atoms with van der Waals surface area (Å²) < 4.78 is 0. The van der Waals surface area contributed by atoms with E-state index in [-0.39, 0.29) is 22.8 Å². The minimum Gasteiger partial charge on any atom is -0.477 e. The number of terminal acetylenes is 1. The Bertz CT molecular complexity index is 726. The maximum absolute atomic E-state index is 12.4. The van der Waals surface area contributed by atoms with E-state index in [4.69, 9.17) is 29.8 Å². The van der Waals surface area contributed by atoms with Gasteiger partial charge in [-0.2, -0.15) is 0 Å². The first-order chi connectivity index (χ1) is 11.9. The SMILES string of the molecule is C#CCCC(=S)NC1C(=O)N2C(C(=O)O)=C(S/C=C/C(=N)N)CS[C@H]12. The maximum Gasteiger partial charge on any atom is 0.353 e. The zero-order valence-electron chi connectivity index (χ0n) is 13.0. The molecule has 0 aromatic carbocycles. The molecule has 25 heavy (non-hydrogen) atoms. The van der Waals surface area contributed by atoms with Gasteiger partial charge in [0.25, 0.3) is 5.91 Å². The number of carboxylic acid groups (broad SMARTS) is 1. The number of aliphatic carboxylic acids is 1. The van der Waals surface area contributed by atoms with Crippen LogP contribution < -0.4 is 11.1 Å². The summed E-state index contributed by atoms with van der Waals surface area (Å²) in [6.45, 7) is 0. The van der Waals surface area contributed by atoms with Gasteiger partial charge in [-0.3, -0.25) is 15.1 Å². The first kappa shape index (κ1) is 19.4. The third-order valence-corrected chi connectivity index (χ3v) is 6.09. The van der Waals surface area contributed by atoms with Crippen LogP contribution in [0, 0.1) is 17.8 Å². The third-order valence-electron chi connectivity index (χ3n) is 3.41. The number of hydrogen-bond acceptors (Lipinski definition) is 6. The zero-order valence-corrected chi connectivity index (χ0v) is 15.5. The minimum atomic E-state index is -1.16. The molecule has 7 nitrogen and oxygen atoms in total. The molecule has 0 bridgehead atoms. The van der Waals surface area contributed by atoms with Crippen molar-refractivity contribution >= 4 is 58.4 Å². The topological polar surface area (TPSA) is 120 Å². The second kappa shape index (κ2) is 8.42. The highest BCUT2D eigenvalue weighted by Crippen LogP contribution is 2.43. The molecule has 0 saturated carbocycles. The number of carbonyl (C=O) groups excluding carboxylic acids is 1. The van der Waals surface area contributed by atoms with E-state index in [1.165, 1.54) is 28.1 Å². The van der Waals surface area contributed by atoms with Crippen molar-refractivity contribution in [3.8, 4) is 12.3 Å². The molecule has 2 aliphatic rings. The molecule has 2 atom stereocenters. The fraction of sp³-hybridized carbons (Fsp3) is 0.333. The molecule has 10 heteroatoms. The van der Waals surface area contributed by atoms with E-state index in [0.29, 0.717) is 28.5 Å². The molecule has 1 amide bonds. The van der Waals surface area contributed by atoms with Gasteiger partial charge in [0.1, 0.15) is 22.9 Å². The highest BCUT2D eigenvalue weighted by molar-refractivity contribution is 8.08. The van der Waals surface area contributed by atoms with Crippen LogP contribution in [0.1, 0.15) is 12.8 Å². The summed E-state index contributed by atoms with van der Waals surface area (Å²) in [5.74, 6) is 1.31. The van der Waals surface area contributed by atoms with E-state index in [1.54, 1.807) is 0 Å². The van der Waals surface area contributed by atoms with Gasteiger partial charge < -0.3 is 16.2 Å². The summed E-state index contributed by atoms with van der Waals surface area (Å²) >= 11 is 7.77. The quantitative estimate of drug-likeness (QED) is 0.166. The molecule has 0 aliphatic carbocycles. The average Bonchev–Trinajstić information content (AvgIpc) is 2.56. The third kappa shape index (κ3) is 4.36. The number of nitrogens with zero attached hydrogens (tertiary/aromatic N) is 1. The highest BCUT2D eigenvalue weighted by atomic mass is 32.2. The Kier molecular flexibility index (Phi) is 6.52. The molecule has 1 unspecified atom stereocenters. The van der Waals surface area contributed by atoms with Crippen molar-refractivity contribution in [3.05, 3.63) is 22.1 Å². The highest BCUT2D eigenvalue weighted by Gasteiger charge is 2.53.